The highest BCUT2D eigenvalue weighted by molar-refractivity contribution is 14.1. The van der Waals surface area contributed by atoms with Gasteiger partial charge in [-0.15, -0.1) is 6.42 Å². The van der Waals surface area contributed by atoms with Crippen LogP contribution in [0.15, 0.2) is 30.3 Å². The molecule has 0 amide bonds. The Labute approximate surface area is 120 Å². The normalized spacial score (nSPS) is 13.4. The first kappa shape index (κ1) is 15.0. The molecule has 0 bridgehead atoms. The van der Waals surface area contributed by atoms with E-state index < -0.39 is 16.1 Å². The van der Waals surface area contributed by atoms with Crippen molar-refractivity contribution < 1.29 is 14.3 Å². The molecule has 1 aromatic carbocycles. The van der Waals surface area contributed by atoms with Crippen molar-refractivity contribution in [1.82, 2.24) is 0 Å². The molecular formula is C13H14INO3. The maximum absolute atomic E-state index is 11.4. The molecule has 0 aliphatic carbocycles. The number of benzene rings is 1. The summed E-state index contributed by atoms with van der Waals surface area (Å²) in [6.45, 7) is 0.506. The van der Waals surface area contributed by atoms with Crippen LogP contribution in [0.1, 0.15) is 5.56 Å². The number of halogens is 1. The topological polar surface area (TPSA) is 61.5 Å². The Morgan fingerprint density at radius 1 is 1.44 bits per heavy atom. The van der Waals surface area contributed by atoms with Crippen molar-refractivity contribution in [3.8, 4) is 12.3 Å². The van der Waals surface area contributed by atoms with Gasteiger partial charge in [-0.3, -0.25) is 4.79 Å². The molecule has 0 saturated carbocycles. The van der Waals surface area contributed by atoms with Gasteiger partial charge in [0.1, 0.15) is 6.04 Å². The zero-order chi connectivity index (χ0) is 13.4. The fourth-order valence-electron chi connectivity index (χ4n) is 1.17. The third kappa shape index (κ3) is 5.49. The van der Waals surface area contributed by atoms with Gasteiger partial charge in [0.2, 0.25) is 4.11 Å². The van der Waals surface area contributed by atoms with E-state index in [-0.39, 0.29) is 6.61 Å². The van der Waals surface area contributed by atoms with Gasteiger partial charge in [0.05, 0.1) is 13.2 Å². The lowest BCUT2D eigenvalue weighted by molar-refractivity contribution is -0.146. The summed E-state index contributed by atoms with van der Waals surface area (Å²) in [5.41, 5.74) is 6.63. The lowest BCUT2D eigenvalue weighted by Gasteiger charge is -2.12. The zero-order valence-electron chi connectivity index (χ0n) is 9.71. The summed E-state index contributed by atoms with van der Waals surface area (Å²) in [6, 6.07) is 8.80. The quantitative estimate of drug-likeness (QED) is 0.362. The van der Waals surface area contributed by atoms with Crippen molar-refractivity contribution in [3.63, 3.8) is 0 Å². The van der Waals surface area contributed by atoms with E-state index in [1.165, 1.54) is 0 Å². The Morgan fingerprint density at radius 2 is 2.11 bits per heavy atom. The molecule has 18 heavy (non-hydrogen) atoms. The van der Waals surface area contributed by atoms with Crippen LogP contribution in [-0.4, -0.2) is 22.7 Å². The molecule has 0 spiro atoms. The number of ether oxygens (including phenoxy) is 2. The van der Waals surface area contributed by atoms with Gasteiger partial charge < -0.3 is 15.2 Å². The Kier molecular flexibility index (Phi) is 6.72. The average Bonchev–Trinajstić information content (AvgIpc) is 2.39. The van der Waals surface area contributed by atoms with Crippen LogP contribution in [-0.2, 0) is 20.9 Å². The second-order valence-corrected chi connectivity index (χ2v) is 4.66. The first-order valence-corrected chi connectivity index (χ1v) is 6.56. The van der Waals surface area contributed by atoms with E-state index in [4.69, 9.17) is 21.6 Å². The zero-order valence-corrected chi connectivity index (χ0v) is 11.9. The van der Waals surface area contributed by atoms with Gasteiger partial charge in [-0.25, -0.2) is 0 Å². The molecule has 0 aromatic heterocycles. The molecule has 0 fully saturated rings. The van der Waals surface area contributed by atoms with Crippen molar-refractivity contribution in [2.75, 3.05) is 6.61 Å². The molecule has 4 nitrogen and oxygen atoms in total. The molecule has 0 radical (unpaired) electrons. The van der Waals surface area contributed by atoms with Crippen molar-refractivity contribution in [2.45, 2.75) is 16.8 Å². The summed E-state index contributed by atoms with van der Waals surface area (Å²) in [5, 5.41) is 0. The molecule has 1 rings (SSSR count). The van der Waals surface area contributed by atoms with Crippen LogP contribution in [0.4, 0.5) is 0 Å². The number of nitrogens with two attached hydrogens (primary N) is 1. The Morgan fingerprint density at radius 3 is 2.72 bits per heavy atom. The number of hydrogen-bond donors (Lipinski definition) is 1. The molecule has 0 saturated heterocycles. The molecular weight excluding hydrogens is 345 g/mol. The Bertz CT molecular complexity index is 416. The monoisotopic (exact) mass is 359 g/mol. The highest BCUT2D eigenvalue weighted by atomic mass is 127. The van der Waals surface area contributed by atoms with Crippen molar-refractivity contribution >= 4 is 28.6 Å². The standard InChI is InChI=1S/C13H14INO3/c1-2-12(14)18-13(16)11(15)9-17-8-10-6-4-3-5-7-10/h1,3-7,11-12H,8-9,15H2/t11-,12?/m0/s1. The summed E-state index contributed by atoms with van der Waals surface area (Å²) in [4.78, 5) is 11.4. The first-order valence-electron chi connectivity index (χ1n) is 5.31. The average molecular weight is 359 g/mol. The number of hydrogen-bond acceptors (Lipinski definition) is 4. The van der Waals surface area contributed by atoms with Gasteiger partial charge >= 0.3 is 5.97 Å². The van der Waals surface area contributed by atoms with Crippen LogP contribution in [0, 0.1) is 12.3 Å². The molecule has 2 atom stereocenters. The predicted molar refractivity (Wildman–Crippen MR) is 76.8 cm³/mol. The van der Waals surface area contributed by atoms with E-state index in [0.717, 1.165) is 5.56 Å². The van der Waals surface area contributed by atoms with E-state index in [9.17, 15) is 4.79 Å². The molecule has 0 aliphatic rings. The van der Waals surface area contributed by atoms with Gasteiger partial charge in [-0.05, 0) is 28.2 Å². The lowest BCUT2D eigenvalue weighted by Crippen LogP contribution is -2.37. The SMILES string of the molecule is C#CC(I)OC(=O)[C@@H](N)COCc1ccccc1. The van der Waals surface area contributed by atoms with Gasteiger partial charge in [0, 0.05) is 0 Å². The highest BCUT2D eigenvalue weighted by Crippen LogP contribution is 2.04. The third-order valence-corrected chi connectivity index (χ3v) is 2.68. The van der Waals surface area contributed by atoms with Crippen LogP contribution in [0.5, 0.6) is 0 Å². The number of rotatable bonds is 6. The van der Waals surface area contributed by atoms with Gasteiger partial charge in [0.25, 0.3) is 0 Å². The fraction of sp³-hybridized carbons (Fsp3) is 0.308. The summed E-state index contributed by atoms with van der Waals surface area (Å²) in [5.74, 6) is 1.72. The van der Waals surface area contributed by atoms with Crippen LogP contribution >= 0.6 is 22.6 Å². The van der Waals surface area contributed by atoms with Crippen molar-refractivity contribution in [3.05, 3.63) is 35.9 Å². The van der Waals surface area contributed by atoms with Crippen LogP contribution < -0.4 is 5.73 Å². The highest BCUT2D eigenvalue weighted by Gasteiger charge is 2.17. The first-order chi connectivity index (χ1) is 8.63. The number of terminal acetylenes is 1. The number of alkyl halides is 1. The van der Waals surface area contributed by atoms with E-state index in [1.807, 2.05) is 52.9 Å². The van der Waals surface area contributed by atoms with Crippen molar-refractivity contribution in [1.29, 1.82) is 0 Å². The van der Waals surface area contributed by atoms with Gasteiger partial charge in [-0.2, -0.15) is 0 Å². The second-order valence-electron chi connectivity index (χ2n) is 3.53. The molecule has 5 heteroatoms. The summed E-state index contributed by atoms with van der Waals surface area (Å²) < 4.78 is 9.61. The number of esters is 1. The molecule has 1 aromatic rings. The van der Waals surface area contributed by atoms with Crippen LogP contribution in [0.3, 0.4) is 0 Å². The Hall–Kier alpha value is -1.10. The van der Waals surface area contributed by atoms with E-state index in [2.05, 4.69) is 5.92 Å². The smallest absolute Gasteiger partial charge is 0.327 e. The minimum absolute atomic E-state index is 0.0989. The maximum Gasteiger partial charge on any atom is 0.327 e. The fourth-order valence-corrected chi connectivity index (χ4v) is 1.42. The number of carbonyl (C=O) groups excluding carboxylic acids is 1. The van der Waals surface area contributed by atoms with E-state index >= 15 is 0 Å². The van der Waals surface area contributed by atoms with Crippen LogP contribution in [0.25, 0.3) is 0 Å². The predicted octanol–water partition coefficient (Wildman–Crippen LogP) is 1.47. The summed E-state index contributed by atoms with van der Waals surface area (Å²) >= 11 is 1.83. The third-order valence-electron chi connectivity index (χ3n) is 2.06. The minimum atomic E-state index is -0.820. The van der Waals surface area contributed by atoms with Crippen molar-refractivity contribution in [2.24, 2.45) is 5.73 Å². The van der Waals surface area contributed by atoms with Crippen LogP contribution in [0.2, 0.25) is 0 Å². The number of carbonyl (C=O) groups is 1. The summed E-state index contributed by atoms with van der Waals surface area (Å²) in [6.07, 6.45) is 5.09. The molecule has 1 unspecified atom stereocenters. The molecule has 96 valence electrons. The Balaban J connectivity index is 2.27. The van der Waals surface area contributed by atoms with E-state index in [0.29, 0.717) is 6.61 Å². The molecule has 0 heterocycles. The molecule has 2 N–H and O–H groups in total. The summed E-state index contributed by atoms with van der Waals surface area (Å²) in [7, 11) is 0. The lowest BCUT2D eigenvalue weighted by atomic mass is 10.2. The maximum atomic E-state index is 11.4. The van der Waals surface area contributed by atoms with Gasteiger partial charge in [-0.1, -0.05) is 36.3 Å². The largest absolute Gasteiger partial charge is 0.438 e. The second kappa shape index (κ2) is 8.08. The molecule has 0 aliphatic heterocycles. The minimum Gasteiger partial charge on any atom is -0.438 e. The van der Waals surface area contributed by atoms with Gasteiger partial charge in [0.15, 0.2) is 0 Å². The van der Waals surface area contributed by atoms with E-state index in [1.54, 1.807) is 0 Å².